The van der Waals surface area contributed by atoms with Crippen LogP contribution < -0.4 is 19.7 Å². The van der Waals surface area contributed by atoms with Crippen LogP contribution in [0.5, 0.6) is 17.6 Å². The molecule has 2 bridgehead atoms. The van der Waals surface area contributed by atoms with E-state index in [9.17, 15) is 13.9 Å². The van der Waals surface area contributed by atoms with Crippen molar-refractivity contribution < 1.29 is 36.3 Å². The van der Waals surface area contributed by atoms with Crippen molar-refractivity contribution in [1.82, 2.24) is 25.2 Å². The quantitative estimate of drug-likeness (QED) is 0.178. The maximum absolute atomic E-state index is 17.2. The molecule has 0 radical (unpaired) electrons. The number of piperazine rings is 1. The molecule has 49 heavy (non-hydrogen) atoms. The normalized spacial score (nSPS) is 25.3. The Kier molecular flexibility index (Phi) is 7.71. The highest BCUT2D eigenvalue weighted by molar-refractivity contribution is 6.04. The first-order valence-electron chi connectivity index (χ1n) is 17.8. The van der Waals surface area contributed by atoms with Crippen LogP contribution in [0, 0.1) is 35.3 Å². The Morgan fingerprint density at radius 2 is 1.90 bits per heavy atom. The number of alkyl halides is 2. The van der Waals surface area contributed by atoms with Crippen molar-refractivity contribution in [1.29, 1.82) is 0 Å². The Bertz CT molecular complexity index is 2070. The molecule has 13 heteroatoms. The number of nitrogens with one attached hydrogen (secondary N) is 1. The lowest BCUT2D eigenvalue weighted by Crippen LogP contribution is -2.51. The van der Waals surface area contributed by atoms with E-state index in [0.29, 0.717) is 18.5 Å². The van der Waals surface area contributed by atoms with Gasteiger partial charge in [-0.1, -0.05) is 18.9 Å². The zero-order valence-corrected chi connectivity index (χ0v) is 27.1. The van der Waals surface area contributed by atoms with Crippen LogP contribution in [0.2, 0.25) is 0 Å². The average molecular weight is 682 g/mol. The third-order valence-corrected chi connectivity index (χ3v) is 9.95. The zero-order valence-electron chi connectivity index (χ0n) is 30.1. The van der Waals surface area contributed by atoms with E-state index in [2.05, 4.69) is 21.2 Å². The highest BCUT2D eigenvalue weighted by atomic mass is 19.3. The van der Waals surface area contributed by atoms with Gasteiger partial charge in [0.25, 0.3) is 0 Å². The summed E-state index contributed by atoms with van der Waals surface area (Å²) in [6, 6.07) is 5.12. The van der Waals surface area contributed by atoms with Gasteiger partial charge in [0, 0.05) is 58.1 Å². The summed E-state index contributed by atoms with van der Waals surface area (Å²) >= 11 is 0. The van der Waals surface area contributed by atoms with Gasteiger partial charge in [0.15, 0.2) is 5.82 Å². The summed E-state index contributed by atoms with van der Waals surface area (Å²) in [7, 11) is 0. The van der Waals surface area contributed by atoms with Gasteiger partial charge in [-0.25, -0.2) is 22.5 Å². The fourth-order valence-corrected chi connectivity index (χ4v) is 7.63. The molecule has 0 saturated carbocycles. The summed E-state index contributed by atoms with van der Waals surface area (Å²) in [5.41, 5.74) is -2.10. The number of phenols is 1. The van der Waals surface area contributed by atoms with E-state index in [1.165, 1.54) is 23.1 Å². The number of nitrogens with zero attached hydrogens (tertiary/aromatic N) is 5. The molecule has 3 aliphatic heterocycles. The zero-order chi connectivity index (χ0) is 37.1. The smallest absolute Gasteiger partial charge is 0.319 e. The molecule has 9 nitrogen and oxygen atoms in total. The van der Waals surface area contributed by atoms with Crippen molar-refractivity contribution in [2.75, 3.05) is 51.3 Å². The highest BCUT2D eigenvalue weighted by Gasteiger charge is 2.45. The third kappa shape index (κ3) is 5.95. The minimum absolute atomic E-state index is 0.00935. The van der Waals surface area contributed by atoms with Gasteiger partial charge in [0.2, 0.25) is 12.3 Å². The molecule has 0 spiro atoms. The van der Waals surface area contributed by atoms with E-state index in [1.54, 1.807) is 13.8 Å². The maximum Gasteiger partial charge on any atom is 0.319 e. The van der Waals surface area contributed by atoms with Crippen molar-refractivity contribution in [3.05, 3.63) is 41.5 Å². The number of hydrogen-bond acceptors (Lipinski definition) is 9. The lowest BCUT2D eigenvalue weighted by atomic mass is 9.73. The summed E-state index contributed by atoms with van der Waals surface area (Å²) in [6.45, 7) is 1.31. The van der Waals surface area contributed by atoms with Crippen molar-refractivity contribution in [3.63, 3.8) is 0 Å². The third-order valence-electron chi connectivity index (χ3n) is 9.95. The van der Waals surface area contributed by atoms with E-state index in [1.807, 2.05) is 4.90 Å². The molecule has 3 aliphatic rings. The van der Waals surface area contributed by atoms with Gasteiger partial charge < -0.3 is 29.7 Å². The van der Waals surface area contributed by atoms with Crippen LogP contribution in [0.4, 0.5) is 23.4 Å². The van der Waals surface area contributed by atoms with E-state index in [4.69, 9.17) is 25.0 Å². The monoisotopic (exact) mass is 681 g/mol. The second-order valence-electron chi connectivity index (χ2n) is 13.4. The first kappa shape index (κ1) is 29.5. The van der Waals surface area contributed by atoms with Gasteiger partial charge in [-0.2, -0.15) is 9.97 Å². The lowest BCUT2D eigenvalue weighted by molar-refractivity contribution is -0.0679. The number of pyridine rings is 1. The Morgan fingerprint density at radius 3 is 2.59 bits per heavy atom. The van der Waals surface area contributed by atoms with Crippen LogP contribution in [0.1, 0.15) is 42.8 Å². The second kappa shape index (κ2) is 12.8. The number of likely N-dealkylation sites (tertiary alicyclic amines) is 1. The Balaban J connectivity index is 1.42. The van der Waals surface area contributed by atoms with Crippen LogP contribution in [0.15, 0.2) is 24.3 Å². The number of halogens is 4. The van der Waals surface area contributed by atoms with E-state index in [-0.39, 0.29) is 101 Å². The van der Waals surface area contributed by atoms with Crippen LogP contribution >= 0.6 is 0 Å². The molecule has 4 aromatic rings. The molecule has 0 aliphatic carbocycles. The molecule has 4 atom stereocenters. The average Bonchev–Trinajstić information content (AvgIpc) is 3.44. The van der Waals surface area contributed by atoms with Gasteiger partial charge in [-0.05, 0) is 63.3 Å². The molecule has 3 fully saturated rings. The first-order chi connectivity index (χ1) is 24.7. The summed E-state index contributed by atoms with van der Waals surface area (Å²) < 4.78 is 96.7. The molecule has 2 N–H and O–H groups in total. The van der Waals surface area contributed by atoms with Gasteiger partial charge in [-0.15, -0.1) is 6.42 Å². The van der Waals surface area contributed by atoms with Crippen LogP contribution in [0.25, 0.3) is 32.9 Å². The largest absolute Gasteiger partial charge is 0.508 e. The van der Waals surface area contributed by atoms with Crippen molar-refractivity contribution in [2.45, 2.75) is 51.6 Å². The second-order valence-corrected chi connectivity index (χ2v) is 13.4. The highest BCUT2D eigenvalue weighted by Crippen LogP contribution is 2.44. The molecule has 258 valence electrons. The molecule has 2 aromatic heterocycles. The van der Waals surface area contributed by atoms with Crippen molar-refractivity contribution in [3.8, 4) is 41.2 Å². The van der Waals surface area contributed by atoms with E-state index < -0.39 is 36.4 Å². The predicted molar refractivity (Wildman–Crippen MR) is 178 cm³/mol. The number of fused-ring (bicyclic) bond motifs is 4. The van der Waals surface area contributed by atoms with Crippen molar-refractivity contribution in [2.24, 2.45) is 11.3 Å². The number of terminal acetylenes is 1. The van der Waals surface area contributed by atoms with Crippen molar-refractivity contribution >= 4 is 27.5 Å². The molecule has 3 saturated heterocycles. The number of hydrogen-bond donors (Lipinski definition) is 2. The van der Waals surface area contributed by atoms with Crippen LogP contribution in [-0.2, 0) is 0 Å². The lowest BCUT2D eigenvalue weighted by Gasteiger charge is -2.44. The van der Waals surface area contributed by atoms with Gasteiger partial charge in [0.05, 0.1) is 18.8 Å². The fourth-order valence-electron chi connectivity index (χ4n) is 7.63. The first-order valence-corrected chi connectivity index (χ1v) is 16.3. The molecule has 0 amide bonds. The fraction of sp³-hybridized carbons (Fsp3) is 0.472. The number of rotatable bonds is 8. The SMILES string of the molecule is [2H]C([2H])([2H])N1CC[C@H](C(F)F)[C@](C)(COc2nc(N3C[C@H]4CC[C@@H](C3)N4)c3c(OCC)nc(-c4cc(O)cc5ccc(F)c(C#C)c45)c(F)c3n2)C1. The molecule has 2 aromatic carbocycles. The standard InChI is InChI=1S/C36H38F4N6O3/c1-5-23-26(37)10-7-19-13-22(47)14-24(27(19)23)30-29(38)31-28(34(42-30)48-6-2)33(46-15-20-8-9-21(16-46)41-20)44-35(43-31)49-18-36(3)17-45(4)12-11-25(36)32(39)40/h1,7,10,13-14,20-21,25,32,41,47H,6,8-9,11-12,15-18H2,2-4H3/t20-,21+,25-,36+/m1/s1/i4D3. The van der Waals surface area contributed by atoms with E-state index >= 15 is 8.78 Å². The summed E-state index contributed by atoms with van der Waals surface area (Å²) in [4.78, 5) is 16.9. The maximum atomic E-state index is 17.2. The number of anilines is 1. The number of ether oxygens (including phenoxy) is 2. The molecular weight excluding hydrogens is 640 g/mol. The molecule has 0 unspecified atom stereocenters. The minimum atomic E-state index is -2.74. The number of piperidine rings is 1. The topological polar surface area (TPSA) is 95.9 Å². The van der Waals surface area contributed by atoms with Crippen LogP contribution in [0.3, 0.4) is 0 Å². The molecule has 7 rings (SSSR count). The molecular formula is C36H38F4N6O3. The Labute approximate surface area is 285 Å². The van der Waals surface area contributed by atoms with E-state index in [0.717, 1.165) is 18.9 Å². The number of aromatic nitrogens is 3. The summed E-state index contributed by atoms with van der Waals surface area (Å²) in [5.74, 6) is -0.560. The number of phenolic OH excluding ortho intramolecular Hbond substituents is 1. The predicted octanol–water partition coefficient (Wildman–Crippen LogP) is 5.75. The Morgan fingerprint density at radius 1 is 1.12 bits per heavy atom. The minimum Gasteiger partial charge on any atom is -0.508 e. The van der Waals surface area contributed by atoms with Gasteiger partial charge in [-0.3, -0.25) is 0 Å². The van der Waals surface area contributed by atoms with Crippen LogP contribution in [-0.4, -0.2) is 89.8 Å². The molecule has 5 heterocycles. The number of aromatic hydroxyl groups is 1. The Hall–Kier alpha value is -4.41. The van der Waals surface area contributed by atoms with Gasteiger partial charge >= 0.3 is 6.01 Å². The summed E-state index contributed by atoms with van der Waals surface area (Å²) in [6.07, 6.45) is 4.74. The van der Waals surface area contributed by atoms with Gasteiger partial charge in [0.1, 0.15) is 34.0 Å². The summed E-state index contributed by atoms with van der Waals surface area (Å²) in [5, 5.41) is 14.8. The number of benzene rings is 2.